The van der Waals surface area contributed by atoms with Crippen molar-refractivity contribution in [2.75, 3.05) is 12.0 Å². The first kappa shape index (κ1) is 24.9. The van der Waals surface area contributed by atoms with Gasteiger partial charge in [0, 0.05) is 30.5 Å². The molecule has 33 heavy (non-hydrogen) atoms. The van der Waals surface area contributed by atoms with E-state index in [0.29, 0.717) is 25.1 Å². The van der Waals surface area contributed by atoms with E-state index in [1.807, 2.05) is 79.6 Å². The lowest BCUT2D eigenvalue weighted by molar-refractivity contribution is -0.278. The van der Waals surface area contributed by atoms with Crippen molar-refractivity contribution in [1.29, 1.82) is 0 Å². The number of hydrogen-bond donors (Lipinski definition) is 0. The minimum atomic E-state index is -0.954. The van der Waals surface area contributed by atoms with Crippen molar-refractivity contribution in [2.24, 2.45) is 0 Å². The summed E-state index contributed by atoms with van der Waals surface area (Å²) in [5.74, 6) is -0.156. The summed E-state index contributed by atoms with van der Waals surface area (Å²) < 4.78 is 0. The Morgan fingerprint density at radius 3 is 1.79 bits per heavy atom. The van der Waals surface area contributed by atoms with Gasteiger partial charge in [-0.05, 0) is 45.4 Å². The molecule has 2 saturated heterocycles. The van der Waals surface area contributed by atoms with Gasteiger partial charge in [-0.15, -0.1) is 0 Å². The largest absolute Gasteiger partial charge is 0.332 e. The number of nitrogens with zero attached hydrogens (tertiary/aromatic N) is 3. The molecule has 2 aliphatic rings. The highest BCUT2D eigenvalue weighted by Crippen LogP contribution is 2.50. The number of carbonyl (C=O) groups is 2. The van der Waals surface area contributed by atoms with E-state index in [1.54, 1.807) is 12.0 Å². The van der Waals surface area contributed by atoms with Crippen LogP contribution in [0.3, 0.4) is 0 Å². The molecule has 0 aromatic heterocycles. The molecule has 4 rings (SSSR count). The van der Waals surface area contributed by atoms with E-state index >= 15 is 0 Å². The minimum absolute atomic E-state index is 0.156. The van der Waals surface area contributed by atoms with Crippen LogP contribution in [-0.4, -0.2) is 45.6 Å². The van der Waals surface area contributed by atoms with E-state index in [4.69, 9.17) is 4.84 Å². The van der Waals surface area contributed by atoms with Crippen LogP contribution < -0.4 is 4.90 Å². The second-order valence-corrected chi connectivity index (χ2v) is 9.82. The molecule has 178 valence electrons. The number of hydrogen-bond acceptors (Lipinski definition) is 4. The smallest absolute Gasteiger partial charge is 0.305 e. The van der Waals surface area contributed by atoms with Crippen LogP contribution in [-0.2, 0) is 16.2 Å². The molecule has 2 fully saturated rings. The van der Waals surface area contributed by atoms with Crippen LogP contribution in [0.2, 0.25) is 0 Å². The van der Waals surface area contributed by atoms with Gasteiger partial charge in [0.15, 0.2) is 0 Å². The van der Waals surface area contributed by atoms with Crippen molar-refractivity contribution in [2.45, 2.75) is 77.5 Å². The highest BCUT2D eigenvalue weighted by atomic mass is 16.7. The molecule has 6 heteroatoms. The summed E-state index contributed by atoms with van der Waals surface area (Å²) >= 11 is 0. The number of hydroxylamine groups is 2. The Morgan fingerprint density at radius 1 is 0.818 bits per heavy atom. The molecule has 0 radical (unpaired) electrons. The zero-order valence-electron chi connectivity index (χ0n) is 21.0. The first-order chi connectivity index (χ1) is 15.6. The normalized spacial score (nSPS) is 21.2. The molecule has 0 atom stereocenters. The topological polar surface area (TPSA) is 53.1 Å². The third kappa shape index (κ3) is 4.30. The molecular formula is C27H37N3O3. The third-order valence-electron chi connectivity index (χ3n) is 6.47. The van der Waals surface area contributed by atoms with Gasteiger partial charge in [-0.3, -0.25) is 4.79 Å². The fourth-order valence-corrected chi connectivity index (χ4v) is 5.80. The molecule has 0 unspecified atom stereocenters. The number of benzene rings is 2. The molecular weight excluding hydrogens is 414 g/mol. The Kier molecular flexibility index (Phi) is 7.01. The standard InChI is InChI=1S/C25H31N3O3.C2H6/c1-23(2)17-25(18-24(3,4)28(23)31-5)21(29)27(20-14-10-7-11-15-20)22(30)26(25)16-19-12-8-6-9-13-19;1-2/h6-15H,16-18H2,1-5H3;1-2H3. The molecule has 0 aliphatic carbocycles. The van der Waals surface area contributed by atoms with Crippen LogP contribution in [0.5, 0.6) is 0 Å². The van der Waals surface area contributed by atoms with Crippen molar-refractivity contribution in [1.82, 2.24) is 9.96 Å². The average Bonchev–Trinajstić information content (AvgIpc) is 2.96. The zero-order chi connectivity index (χ0) is 24.4. The fraction of sp³-hybridized carbons (Fsp3) is 0.481. The Bertz CT molecular complexity index is 955. The van der Waals surface area contributed by atoms with Gasteiger partial charge in [-0.25, -0.2) is 9.69 Å². The van der Waals surface area contributed by atoms with E-state index in [-0.39, 0.29) is 11.9 Å². The van der Waals surface area contributed by atoms with E-state index in [1.165, 1.54) is 4.90 Å². The van der Waals surface area contributed by atoms with Gasteiger partial charge in [-0.2, -0.15) is 5.06 Å². The molecule has 2 aromatic rings. The summed E-state index contributed by atoms with van der Waals surface area (Å²) in [6, 6.07) is 18.8. The lowest BCUT2D eigenvalue weighted by atomic mass is 9.69. The van der Waals surface area contributed by atoms with Crippen LogP contribution in [0.4, 0.5) is 10.5 Å². The van der Waals surface area contributed by atoms with Crippen LogP contribution in [0.1, 0.15) is 59.9 Å². The van der Waals surface area contributed by atoms with Gasteiger partial charge in [0.1, 0.15) is 5.54 Å². The third-order valence-corrected chi connectivity index (χ3v) is 6.47. The number of rotatable bonds is 4. The summed E-state index contributed by atoms with van der Waals surface area (Å²) in [6.45, 7) is 12.7. The number of para-hydroxylation sites is 1. The highest BCUT2D eigenvalue weighted by molar-refractivity contribution is 6.23. The Morgan fingerprint density at radius 2 is 1.30 bits per heavy atom. The summed E-state index contributed by atoms with van der Waals surface area (Å²) in [5, 5.41) is 1.97. The lowest BCUT2D eigenvalue weighted by Crippen LogP contribution is -2.69. The molecule has 2 aliphatic heterocycles. The predicted octanol–water partition coefficient (Wildman–Crippen LogP) is 5.63. The van der Waals surface area contributed by atoms with Gasteiger partial charge < -0.3 is 9.74 Å². The van der Waals surface area contributed by atoms with Gasteiger partial charge in [0.25, 0.3) is 5.91 Å². The number of carbonyl (C=O) groups excluding carboxylic acids is 2. The van der Waals surface area contributed by atoms with Crippen molar-refractivity contribution in [3.8, 4) is 0 Å². The first-order valence-corrected chi connectivity index (χ1v) is 11.7. The molecule has 0 bridgehead atoms. The molecule has 1 spiro atoms. The number of imide groups is 1. The summed E-state index contributed by atoms with van der Waals surface area (Å²) in [4.78, 5) is 36.7. The SMILES string of the molecule is CC.CON1C(C)(C)CC2(CC1(C)C)C(=O)N(c1ccccc1)C(=O)N2Cc1ccccc1. The zero-order valence-corrected chi connectivity index (χ0v) is 21.0. The Labute approximate surface area is 198 Å². The Balaban J connectivity index is 0.00000149. The maximum absolute atomic E-state index is 14.1. The fourth-order valence-electron chi connectivity index (χ4n) is 5.80. The molecule has 6 nitrogen and oxygen atoms in total. The van der Waals surface area contributed by atoms with E-state index in [2.05, 4.69) is 27.7 Å². The summed E-state index contributed by atoms with van der Waals surface area (Å²) in [5.41, 5.74) is -0.243. The molecule has 0 saturated carbocycles. The van der Waals surface area contributed by atoms with Gasteiger partial charge in [-0.1, -0.05) is 62.4 Å². The molecule has 2 aromatic carbocycles. The number of anilines is 1. The van der Waals surface area contributed by atoms with E-state index < -0.39 is 16.6 Å². The van der Waals surface area contributed by atoms with Gasteiger partial charge in [0.05, 0.1) is 12.8 Å². The second-order valence-electron chi connectivity index (χ2n) is 9.82. The van der Waals surface area contributed by atoms with Crippen LogP contribution in [0, 0.1) is 0 Å². The monoisotopic (exact) mass is 451 g/mol. The van der Waals surface area contributed by atoms with Crippen molar-refractivity contribution >= 4 is 17.6 Å². The number of amides is 3. The quantitative estimate of drug-likeness (QED) is 0.565. The lowest BCUT2D eigenvalue weighted by Gasteiger charge is -2.57. The molecule has 0 N–H and O–H groups in total. The van der Waals surface area contributed by atoms with Crippen molar-refractivity contribution < 1.29 is 14.4 Å². The predicted molar refractivity (Wildman–Crippen MR) is 132 cm³/mol. The van der Waals surface area contributed by atoms with Crippen molar-refractivity contribution in [3.05, 3.63) is 66.2 Å². The maximum atomic E-state index is 14.1. The Hall–Kier alpha value is -2.70. The van der Waals surface area contributed by atoms with Crippen molar-refractivity contribution in [3.63, 3.8) is 0 Å². The molecule has 3 amide bonds. The first-order valence-electron chi connectivity index (χ1n) is 11.7. The summed E-state index contributed by atoms with van der Waals surface area (Å²) in [7, 11) is 1.67. The highest BCUT2D eigenvalue weighted by Gasteiger charge is 2.65. The van der Waals surface area contributed by atoms with Crippen LogP contribution >= 0.6 is 0 Å². The van der Waals surface area contributed by atoms with Crippen LogP contribution in [0.15, 0.2) is 60.7 Å². The maximum Gasteiger partial charge on any atom is 0.332 e. The van der Waals surface area contributed by atoms with Crippen LogP contribution in [0.25, 0.3) is 0 Å². The van der Waals surface area contributed by atoms with Gasteiger partial charge >= 0.3 is 6.03 Å². The van der Waals surface area contributed by atoms with E-state index in [0.717, 1.165) is 5.56 Å². The minimum Gasteiger partial charge on any atom is -0.305 e. The number of urea groups is 1. The summed E-state index contributed by atoms with van der Waals surface area (Å²) in [6.07, 6.45) is 0.968. The second kappa shape index (κ2) is 9.27. The average molecular weight is 452 g/mol. The molecule has 2 heterocycles. The van der Waals surface area contributed by atoms with E-state index in [9.17, 15) is 9.59 Å². The number of piperidine rings is 1. The van der Waals surface area contributed by atoms with Gasteiger partial charge in [0.2, 0.25) is 0 Å².